The Bertz CT molecular complexity index is 632. The van der Waals surface area contributed by atoms with Crippen LogP contribution in [-0.4, -0.2) is 57.9 Å². The largest absolute Gasteiger partial charge is 0.477 e. The average Bonchev–Trinajstić information content (AvgIpc) is 2.96. The SMILES string of the molecule is CCCCCCCCCCCCCC(=S)O[C@@H]1[C@@H](O)[C@H](CO)OC[C@H]1OC(=S)CCCCCCCCCCCCC. The third kappa shape index (κ3) is 20.3. The molecule has 1 aliphatic heterocycles. The van der Waals surface area contributed by atoms with E-state index in [0.29, 0.717) is 16.5 Å². The lowest BCUT2D eigenvalue weighted by atomic mass is 10.00. The molecule has 0 saturated carbocycles. The number of ether oxygens (including phenoxy) is 3. The van der Waals surface area contributed by atoms with Crippen LogP contribution in [0.1, 0.15) is 168 Å². The Balaban J connectivity index is 2.24. The molecular formula is C34H64O5S2. The minimum atomic E-state index is -1.02. The molecule has 2 N–H and O–H groups in total. The van der Waals surface area contributed by atoms with Gasteiger partial charge in [0.05, 0.1) is 13.2 Å². The van der Waals surface area contributed by atoms with E-state index < -0.39 is 24.4 Å². The van der Waals surface area contributed by atoms with Gasteiger partial charge >= 0.3 is 0 Å². The highest BCUT2D eigenvalue weighted by Crippen LogP contribution is 2.24. The van der Waals surface area contributed by atoms with Gasteiger partial charge in [-0.2, -0.15) is 0 Å². The normalized spacial score (nSPS) is 20.7. The van der Waals surface area contributed by atoms with Gasteiger partial charge in [-0.05, 0) is 37.3 Å². The second-order valence-electron chi connectivity index (χ2n) is 12.1. The lowest BCUT2D eigenvalue weighted by molar-refractivity contribution is -0.186. The van der Waals surface area contributed by atoms with Crippen LogP contribution in [0.2, 0.25) is 0 Å². The minimum absolute atomic E-state index is 0.215. The van der Waals surface area contributed by atoms with Crippen LogP contribution in [0.25, 0.3) is 0 Å². The van der Waals surface area contributed by atoms with Crippen LogP contribution in [-0.2, 0) is 14.2 Å². The summed E-state index contributed by atoms with van der Waals surface area (Å²) in [5, 5.41) is 21.5. The zero-order chi connectivity index (χ0) is 30.0. The third-order valence-electron chi connectivity index (χ3n) is 8.26. The summed E-state index contributed by atoms with van der Waals surface area (Å²) in [6, 6.07) is 0. The maximum atomic E-state index is 10.8. The molecular weight excluding hydrogens is 553 g/mol. The van der Waals surface area contributed by atoms with E-state index in [9.17, 15) is 10.2 Å². The van der Waals surface area contributed by atoms with E-state index in [1.807, 2.05) is 0 Å². The summed E-state index contributed by atoms with van der Waals surface area (Å²) >= 11 is 11.1. The number of unbranched alkanes of at least 4 members (excludes halogenated alkanes) is 20. The van der Waals surface area contributed by atoms with Crippen molar-refractivity contribution in [2.45, 2.75) is 192 Å². The first-order valence-corrected chi connectivity index (χ1v) is 18.1. The molecule has 0 aromatic rings. The summed E-state index contributed by atoms with van der Waals surface area (Å²) in [6.07, 6.45) is 26.8. The van der Waals surface area contributed by atoms with Crippen molar-refractivity contribution < 1.29 is 24.4 Å². The first kappa shape index (κ1) is 38.7. The van der Waals surface area contributed by atoms with Gasteiger partial charge in [-0.1, -0.05) is 142 Å². The molecule has 0 aromatic heterocycles. The topological polar surface area (TPSA) is 68.2 Å². The summed E-state index contributed by atoms with van der Waals surface area (Å²) < 4.78 is 17.8. The van der Waals surface area contributed by atoms with E-state index in [2.05, 4.69) is 13.8 Å². The van der Waals surface area contributed by atoms with Crippen LogP contribution < -0.4 is 0 Å². The zero-order valence-electron chi connectivity index (χ0n) is 26.6. The summed E-state index contributed by atoms with van der Waals surface area (Å²) in [7, 11) is 0. The first-order chi connectivity index (χ1) is 20.0. The molecule has 1 rings (SSSR count). The molecule has 0 unspecified atom stereocenters. The van der Waals surface area contributed by atoms with Crippen molar-refractivity contribution in [3.8, 4) is 0 Å². The van der Waals surface area contributed by atoms with E-state index in [1.54, 1.807) is 0 Å². The van der Waals surface area contributed by atoms with Gasteiger partial charge < -0.3 is 24.4 Å². The summed E-state index contributed by atoms with van der Waals surface area (Å²) in [6.45, 7) is 4.46. The maximum Gasteiger partial charge on any atom is 0.167 e. The lowest BCUT2D eigenvalue weighted by Crippen LogP contribution is -2.56. The fourth-order valence-electron chi connectivity index (χ4n) is 5.56. The third-order valence-corrected chi connectivity index (χ3v) is 8.86. The Morgan fingerprint density at radius 2 is 0.976 bits per heavy atom. The highest BCUT2D eigenvalue weighted by atomic mass is 32.1. The van der Waals surface area contributed by atoms with E-state index in [1.165, 1.54) is 116 Å². The second kappa shape index (κ2) is 27.2. The Labute approximate surface area is 263 Å². The van der Waals surface area contributed by atoms with Crippen LogP contribution in [0.5, 0.6) is 0 Å². The highest BCUT2D eigenvalue weighted by molar-refractivity contribution is 7.80. The molecule has 4 atom stereocenters. The van der Waals surface area contributed by atoms with Gasteiger partial charge in [0.25, 0.3) is 0 Å². The molecule has 1 heterocycles. The summed E-state index contributed by atoms with van der Waals surface area (Å²) in [5.74, 6) is 0. The molecule has 41 heavy (non-hydrogen) atoms. The van der Waals surface area contributed by atoms with Crippen molar-refractivity contribution in [2.24, 2.45) is 0 Å². The predicted molar refractivity (Wildman–Crippen MR) is 180 cm³/mol. The molecule has 1 aliphatic rings. The maximum absolute atomic E-state index is 10.8. The molecule has 242 valence electrons. The summed E-state index contributed by atoms with van der Waals surface area (Å²) in [5.41, 5.74) is 0. The average molecular weight is 617 g/mol. The molecule has 1 fully saturated rings. The van der Waals surface area contributed by atoms with Crippen LogP contribution in [0.15, 0.2) is 0 Å². The highest BCUT2D eigenvalue weighted by Gasteiger charge is 2.43. The van der Waals surface area contributed by atoms with Crippen molar-refractivity contribution in [3.63, 3.8) is 0 Å². The van der Waals surface area contributed by atoms with Gasteiger partial charge in [0.2, 0.25) is 0 Å². The zero-order valence-corrected chi connectivity index (χ0v) is 28.3. The number of hydrogen-bond acceptors (Lipinski definition) is 7. The molecule has 5 nitrogen and oxygen atoms in total. The van der Waals surface area contributed by atoms with Gasteiger partial charge in [0, 0.05) is 12.8 Å². The molecule has 0 aromatic carbocycles. The predicted octanol–water partition coefficient (Wildman–Crippen LogP) is 9.57. The van der Waals surface area contributed by atoms with Crippen LogP contribution in [0, 0.1) is 0 Å². The lowest BCUT2D eigenvalue weighted by Gasteiger charge is -2.39. The molecule has 0 spiro atoms. The molecule has 0 aliphatic carbocycles. The fourth-order valence-corrected chi connectivity index (χ4v) is 6.08. The van der Waals surface area contributed by atoms with Gasteiger partial charge in [0.15, 0.2) is 22.3 Å². The smallest absolute Gasteiger partial charge is 0.167 e. The van der Waals surface area contributed by atoms with Gasteiger partial charge in [-0.15, -0.1) is 0 Å². The molecule has 7 heteroatoms. The van der Waals surface area contributed by atoms with E-state index in [-0.39, 0.29) is 13.2 Å². The van der Waals surface area contributed by atoms with E-state index >= 15 is 0 Å². The van der Waals surface area contributed by atoms with Crippen molar-refractivity contribution in [1.29, 1.82) is 0 Å². The van der Waals surface area contributed by atoms with Crippen molar-refractivity contribution >= 4 is 34.5 Å². The summed E-state index contributed by atoms with van der Waals surface area (Å²) in [4.78, 5) is 0. The second-order valence-corrected chi connectivity index (χ2v) is 13.0. The van der Waals surface area contributed by atoms with Crippen molar-refractivity contribution in [3.05, 3.63) is 0 Å². The van der Waals surface area contributed by atoms with Gasteiger partial charge in [-0.3, -0.25) is 0 Å². The van der Waals surface area contributed by atoms with E-state index in [4.69, 9.17) is 38.6 Å². The van der Waals surface area contributed by atoms with Crippen molar-refractivity contribution in [2.75, 3.05) is 13.2 Å². The Hall–Kier alpha value is -0.340. The monoisotopic (exact) mass is 616 g/mol. The number of thiocarbonyl (C=S) groups is 2. The van der Waals surface area contributed by atoms with Crippen molar-refractivity contribution in [1.82, 2.24) is 0 Å². The van der Waals surface area contributed by atoms with Crippen LogP contribution in [0.4, 0.5) is 0 Å². The first-order valence-electron chi connectivity index (χ1n) is 17.3. The van der Waals surface area contributed by atoms with Gasteiger partial charge in [0.1, 0.15) is 12.2 Å². The number of hydrogen-bond donors (Lipinski definition) is 2. The van der Waals surface area contributed by atoms with Gasteiger partial charge in [-0.25, -0.2) is 0 Å². The molecule has 1 saturated heterocycles. The Kier molecular flexibility index (Phi) is 25.7. The Morgan fingerprint density at radius 3 is 1.37 bits per heavy atom. The van der Waals surface area contributed by atoms with E-state index in [0.717, 1.165) is 32.1 Å². The number of rotatable bonds is 27. The number of aliphatic hydroxyl groups is 2. The molecule has 0 bridgehead atoms. The molecule has 0 amide bonds. The van der Waals surface area contributed by atoms with Crippen LogP contribution in [0.3, 0.4) is 0 Å². The molecule has 0 radical (unpaired) electrons. The van der Waals surface area contributed by atoms with Crippen LogP contribution >= 0.6 is 24.4 Å². The fraction of sp³-hybridized carbons (Fsp3) is 0.941. The quantitative estimate of drug-likeness (QED) is 0.0703. The minimum Gasteiger partial charge on any atom is -0.477 e. The Morgan fingerprint density at radius 1 is 0.610 bits per heavy atom. The standard InChI is InChI=1S/C34H64O5S2/c1-3-5-7-9-11-13-15-17-19-21-23-25-31(40)38-30-28-37-29(27-35)33(36)34(30)39-32(41)26-24-22-20-18-16-14-12-10-8-6-4-2/h29-30,33-36H,3-28H2,1-2H3/t29-,30+,33-,34-/m0/s1. The number of aliphatic hydroxyl groups excluding tert-OH is 2.